The van der Waals surface area contributed by atoms with E-state index in [9.17, 15) is 4.79 Å². The number of hydrogen-bond donors (Lipinski definition) is 1. The van der Waals surface area contributed by atoms with Gasteiger partial charge in [0.1, 0.15) is 0 Å². The first-order chi connectivity index (χ1) is 9.15. The zero-order valence-electron chi connectivity index (χ0n) is 11.4. The standard InChI is InChI=1S/C14H20N2O3/c1-3-18-12-6-5-11(8-13(12)19-4-2)16-9-10(15)7-14(16)17/h5-6,8,10H,3-4,7,9,15H2,1-2H3. The van der Waals surface area contributed by atoms with Gasteiger partial charge < -0.3 is 20.1 Å². The fraction of sp³-hybridized carbons (Fsp3) is 0.500. The Hall–Kier alpha value is -1.75. The number of ether oxygens (including phenoxy) is 2. The maximum absolute atomic E-state index is 11.8. The topological polar surface area (TPSA) is 64.8 Å². The molecule has 1 aromatic rings. The van der Waals surface area contributed by atoms with Gasteiger partial charge in [0.25, 0.3) is 0 Å². The van der Waals surface area contributed by atoms with E-state index in [0.717, 1.165) is 5.69 Å². The smallest absolute Gasteiger partial charge is 0.228 e. The molecule has 104 valence electrons. The molecule has 1 saturated heterocycles. The molecular formula is C14H20N2O3. The monoisotopic (exact) mass is 264 g/mol. The van der Waals surface area contributed by atoms with E-state index in [1.807, 2.05) is 32.0 Å². The molecular weight excluding hydrogens is 244 g/mol. The Morgan fingerprint density at radius 3 is 2.53 bits per heavy atom. The molecule has 0 aromatic heterocycles. The number of amides is 1. The van der Waals surface area contributed by atoms with E-state index in [0.29, 0.717) is 37.7 Å². The molecule has 5 nitrogen and oxygen atoms in total. The maximum Gasteiger partial charge on any atom is 0.228 e. The lowest BCUT2D eigenvalue weighted by Gasteiger charge is -2.19. The minimum absolute atomic E-state index is 0.0547. The lowest BCUT2D eigenvalue weighted by molar-refractivity contribution is -0.117. The van der Waals surface area contributed by atoms with Crippen molar-refractivity contribution in [3.63, 3.8) is 0 Å². The first-order valence-electron chi connectivity index (χ1n) is 6.61. The van der Waals surface area contributed by atoms with Gasteiger partial charge >= 0.3 is 0 Å². The van der Waals surface area contributed by atoms with Gasteiger partial charge in [-0.15, -0.1) is 0 Å². The lowest BCUT2D eigenvalue weighted by atomic mass is 10.2. The van der Waals surface area contributed by atoms with E-state index in [4.69, 9.17) is 15.2 Å². The highest BCUT2D eigenvalue weighted by atomic mass is 16.5. The van der Waals surface area contributed by atoms with Gasteiger partial charge in [-0.2, -0.15) is 0 Å². The Morgan fingerprint density at radius 1 is 1.26 bits per heavy atom. The van der Waals surface area contributed by atoms with Crippen molar-refractivity contribution >= 4 is 11.6 Å². The first kappa shape index (κ1) is 13.7. The van der Waals surface area contributed by atoms with Crippen molar-refractivity contribution in [1.29, 1.82) is 0 Å². The lowest BCUT2D eigenvalue weighted by Crippen LogP contribution is -2.27. The van der Waals surface area contributed by atoms with Crippen molar-refractivity contribution in [2.45, 2.75) is 26.3 Å². The summed E-state index contributed by atoms with van der Waals surface area (Å²) in [4.78, 5) is 13.5. The summed E-state index contributed by atoms with van der Waals surface area (Å²) in [7, 11) is 0. The number of nitrogens with zero attached hydrogens (tertiary/aromatic N) is 1. The molecule has 1 aromatic carbocycles. The zero-order chi connectivity index (χ0) is 13.8. The number of hydrogen-bond acceptors (Lipinski definition) is 4. The van der Waals surface area contributed by atoms with Crippen LogP contribution in [-0.2, 0) is 4.79 Å². The van der Waals surface area contributed by atoms with Crippen molar-refractivity contribution in [2.75, 3.05) is 24.7 Å². The number of carbonyl (C=O) groups excluding carboxylic acids is 1. The molecule has 1 heterocycles. The van der Waals surface area contributed by atoms with Gasteiger partial charge in [0.2, 0.25) is 5.91 Å². The summed E-state index contributed by atoms with van der Waals surface area (Å²) >= 11 is 0. The molecule has 1 fully saturated rings. The van der Waals surface area contributed by atoms with Gasteiger partial charge in [-0.1, -0.05) is 0 Å². The Morgan fingerprint density at radius 2 is 1.95 bits per heavy atom. The van der Waals surface area contributed by atoms with E-state index in [1.54, 1.807) is 4.90 Å². The average molecular weight is 264 g/mol. The Kier molecular flexibility index (Phi) is 4.27. The van der Waals surface area contributed by atoms with Gasteiger partial charge in [0.15, 0.2) is 11.5 Å². The molecule has 1 unspecified atom stereocenters. The van der Waals surface area contributed by atoms with Crippen molar-refractivity contribution in [3.05, 3.63) is 18.2 Å². The molecule has 5 heteroatoms. The van der Waals surface area contributed by atoms with Crippen LogP contribution in [-0.4, -0.2) is 31.7 Å². The molecule has 2 rings (SSSR count). The molecule has 0 radical (unpaired) electrons. The highest BCUT2D eigenvalue weighted by molar-refractivity contribution is 5.96. The molecule has 1 atom stereocenters. The summed E-state index contributed by atoms with van der Waals surface area (Å²) in [6.45, 7) is 5.52. The zero-order valence-corrected chi connectivity index (χ0v) is 11.4. The van der Waals surface area contributed by atoms with Gasteiger partial charge in [-0.3, -0.25) is 4.79 Å². The third kappa shape index (κ3) is 2.98. The second kappa shape index (κ2) is 5.93. The number of anilines is 1. The molecule has 0 bridgehead atoms. The van der Waals surface area contributed by atoms with E-state index < -0.39 is 0 Å². The van der Waals surface area contributed by atoms with Gasteiger partial charge in [0.05, 0.1) is 13.2 Å². The highest BCUT2D eigenvalue weighted by Gasteiger charge is 2.28. The summed E-state index contributed by atoms with van der Waals surface area (Å²) in [5.41, 5.74) is 6.62. The molecule has 0 saturated carbocycles. The van der Waals surface area contributed by atoms with Crippen molar-refractivity contribution in [2.24, 2.45) is 5.73 Å². The molecule has 1 amide bonds. The van der Waals surface area contributed by atoms with Crippen LogP contribution in [0, 0.1) is 0 Å². The molecule has 0 spiro atoms. The highest BCUT2D eigenvalue weighted by Crippen LogP contribution is 2.33. The predicted octanol–water partition coefficient (Wildman–Crippen LogP) is 1.55. The normalized spacial score (nSPS) is 18.8. The maximum atomic E-state index is 11.8. The fourth-order valence-electron chi connectivity index (χ4n) is 2.19. The molecule has 1 aliphatic heterocycles. The Bertz CT molecular complexity index is 462. The van der Waals surface area contributed by atoms with Crippen LogP contribution in [0.1, 0.15) is 20.3 Å². The summed E-state index contributed by atoms with van der Waals surface area (Å²) in [5, 5.41) is 0. The van der Waals surface area contributed by atoms with Crippen LogP contribution in [0.4, 0.5) is 5.69 Å². The van der Waals surface area contributed by atoms with Crippen molar-refractivity contribution < 1.29 is 14.3 Å². The quantitative estimate of drug-likeness (QED) is 0.876. The molecule has 1 aliphatic rings. The van der Waals surface area contributed by atoms with Crippen LogP contribution in [0.3, 0.4) is 0 Å². The molecule has 19 heavy (non-hydrogen) atoms. The summed E-state index contributed by atoms with van der Waals surface area (Å²) in [6, 6.07) is 5.45. The number of nitrogens with two attached hydrogens (primary N) is 1. The van der Waals surface area contributed by atoms with Crippen LogP contribution < -0.4 is 20.1 Å². The molecule has 0 aliphatic carbocycles. The summed E-state index contributed by atoms with van der Waals surface area (Å²) < 4.78 is 11.1. The Labute approximate surface area is 113 Å². The fourth-order valence-corrected chi connectivity index (χ4v) is 2.19. The van der Waals surface area contributed by atoms with E-state index in [2.05, 4.69) is 0 Å². The van der Waals surface area contributed by atoms with Crippen LogP contribution in [0.5, 0.6) is 11.5 Å². The van der Waals surface area contributed by atoms with E-state index in [1.165, 1.54) is 0 Å². The number of carbonyl (C=O) groups is 1. The van der Waals surface area contributed by atoms with Gasteiger partial charge in [-0.05, 0) is 26.0 Å². The van der Waals surface area contributed by atoms with Crippen LogP contribution >= 0.6 is 0 Å². The second-order valence-corrected chi connectivity index (χ2v) is 4.47. The van der Waals surface area contributed by atoms with Crippen molar-refractivity contribution in [3.8, 4) is 11.5 Å². The van der Waals surface area contributed by atoms with E-state index >= 15 is 0 Å². The second-order valence-electron chi connectivity index (χ2n) is 4.47. The van der Waals surface area contributed by atoms with E-state index in [-0.39, 0.29) is 11.9 Å². The SMILES string of the molecule is CCOc1ccc(N2CC(N)CC2=O)cc1OCC. The predicted molar refractivity (Wildman–Crippen MR) is 73.7 cm³/mol. The largest absolute Gasteiger partial charge is 0.490 e. The Balaban J connectivity index is 2.27. The number of benzene rings is 1. The van der Waals surface area contributed by atoms with Crippen LogP contribution in [0.25, 0.3) is 0 Å². The summed E-state index contributed by atoms with van der Waals surface area (Å²) in [6.07, 6.45) is 0.400. The number of rotatable bonds is 5. The van der Waals surface area contributed by atoms with Gasteiger partial charge in [0, 0.05) is 30.8 Å². The van der Waals surface area contributed by atoms with Crippen LogP contribution in [0.2, 0.25) is 0 Å². The van der Waals surface area contributed by atoms with Crippen LogP contribution in [0.15, 0.2) is 18.2 Å². The van der Waals surface area contributed by atoms with Gasteiger partial charge in [-0.25, -0.2) is 0 Å². The minimum atomic E-state index is -0.0883. The first-order valence-corrected chi connectivity index (χ1v) is 6.61. The molecule has 2 N–H and O–H groups in total. The third-order valence-corrected chi connectivity index (χ3v) is 2.99. The third-order valence-electron chi connectivity index (χ3n) is 2.99. The minimum Gasteiger partial charge on any atom is -0.490 e. The van der Waals surface area contributed by atoms with Crippen molar-refractivity contribution in [1.82, 2.24) is 0 Å². The summed E-state index contributed by atoms with van der Waals surface area (Å²) in [5.74, 6) is 1.42. The average Bonchev–Trinajstić information content (AvgIpc) is 2.71.